The topological polar surface area (TPSA) is 33.1 Å². The summed E-state index contributed by atoms with van der Waals surface area (Å²) in [4.78, 5) is 2.54. The van der Waals surface area contributed by atoms with E-state index in [9.17, 15) is 0 Å². The van der Waals surface area contributed by atoms with Gasteiger partial charge in [-0.15, -0.1) is 0 Å². The number of hydrogen-bond acceptors (Lipinski definition) is 3. The minimum absolute atomic E-state index is 0.554. The van der Waals surface area contributed by atoms with Crippen LogP contribution in [0.4, 0.5) is 5.82 Å². The van der Waals surface area contributed by atoms with Gasteiger partial charge in [-0.25, -0.2) is 4.68 Å². The molecule has 2 aliphatic heterocycles. The van der Waals surface area contributed by atoms with Crippen LogP contribution in [-0.2, 0) is 6.42 Å². The van der Waals surface area contributed by atoms with Crippen molar-refractivity contribution < 1.29 is 0 Å². The van der Waals surface area contributed by atoms with Gasteiger partial charge in [-0.1, -0.05) is 24.6 Å². The average Bonchev–Trinajstić information content (AvgIpc) is 3.17. The van der Waals surface area contributed by atoms with E-state index >= 15 is 0 Å². The molecule has 4 nitrogen and oxygen atoms in total. The summed E-state index contributed by atoms with van der Waals surface area (Å²) >= 11 is 6.17. The molecule has 1 saturated heterocycles. The first-order valence-corrected chi connectivity index (χ1v) is 8.98. The highest BCUT2D eigenvalue weighted by molar-refractivity contribution is 6.30. The third kappa shape index (κ3) is 2.74. The SMILES string of the molecule is CCN1CCCC(c2nn(-c3cccc(Cl)c3)c3c2CCN3)C1. The molecule has 23 heavy (non-hydrogen) atoms. The second kappa shape index (κ2) is 6.17. The van der Waals surface area contributed by atoms with E-state index in [1.54, 1.807) is 0 Å². The molecular weight excluding hydrogens is 308 g/mol. The van der Waals surface area contributed by atoms with Crippen LogP contribution in [0.15, 0.2) is 24.3 Å². The number of benzene rings is 1. The summed E-state index contributed by atoms with van der Waals surface area (Å²) in [5, 5.41) is 9.27. The van der Waals surface area contributed by atoms with Gasteiger partial charge in [-0.2, -0.15) is 5.10 Å². The molecular formula is C18H23ClN4. The Balaban J connectivity index is 1.73. The lowest BCUT2D eigenvalue weighted by atomic mass is 9.92. The van der Waals surface area contributed by atoms with Crippen LogP contribution >= 0.6 is 11.6 Å². The molecule has 0 saturated carbocycles. The van der Waals surface area contributed by atoms with E-state index in [4.69, 9.17) is 16.7 Å². The second-order valence-electron chi connectivity index (χ2n) is 6.51. The lowest BCUT2D eigenvalue weighted by Gasteiger charge is -2.31. The number of hydrogen-bond donors (Lipinski definition) is 1. The zero-order valence-electron chi connectivity index (χ0n) is 13.6. The van der Waals surface area contributed by atoms with Crippen molar-refractivity contribution in [2.45, 2.75) is 32.1 Å². The predicted molar refractivity (Wildman–Crippen MR) is 94.9 cm³/mol. The molecule has 0 amide bonds. The molecule has 1 aromatic carbocycles. The van der Waals surface area contributed by atoms with E-state index in [0.29, 0.717) is 5.92 Å². The number of nitrogens with one attached hydrogen (secondary N) is 1. The van der Waals surface area contributed by atoms with Gasteiger partial charge in [0.2, 0.25) is 0 Å². The fourth-order valence-electron chi connectivity index (χ4n) is 3.89. The molecule has 0 aliphatic carbocycles. The first-order chi connectivity index (χ1) is 11.3. The summed E-state index contributed by atoms with van der Waals surface area (Å²) in [5.41, 5.74) is 3.74. The van der Waals surface area contributed by atoms with Crippen LogP contribution < -0.4 is 5.32 Å². The van der Waals surface area contributed by atoms with Gasteiger partial charge in [-0.05, 0) is 50.6 Å². The maximum Gasteiger partial charge on any atom is 0.133 e. The molecule has 1 N–H and O–H groups in total. The van der Waals surface area contributed by atoms with Crippen molar-refractivity contribution in [3.05, 3.63) is 40.5 Å². The first kappa shape index (κ1) is 15.0. The molecule has 3 heterocycles. The van der Waals surface area contributed by atoms with Crippen molar-refractivity contribution in [3.63, 3.8) is 0 Å². The van der Waals surface area contributed by atoms with Gasteiger partial charge in [0.05, 0.1) is 11.4 Å². The normalized spacial score (nSPS) is 21.2. The van der Waals surface area contributed by atoms with Crippen molar-refractivity contribution in [2.75, 3.05) is 31.5 Å². The summed E-state index contributed by atoms with van der Waals surface area (Å²) in [6.45, 7) is 6.74. The van der Waals surface area contributed by atoms with Crippen LogP contribution in [0.2, 0.25) is 5.02 Å². The average molecular weight is 331 g/mol. The first-order valence-electron chi connectivity index (χ1n) is 8.60. The highest BCUT2D eigenvalue weighted by Crippen LogP contribution is 2.36. The zero-order chi connectivity index (χ0) is 15.8. The molecule has 4 rings (SSSR count). The number of fused-ring (bicyclic) bond motifs is 1. The van der Waals surface area contributed by atoms with E-state index in [0.717, 1.165) is 42.6 Å². The minimum atomic E-state index is 0.554. The number of aromatic nitrogens is 2. The Morgan fingerprint density at radius 2 is 2.30 bits per heavy atom. The Kier molecular flexibility index (Phi) is 4.04. The highest BCUT2D eigenvalue weighted by Gasteiger charge is 2.30. The number of anilines is 1. The number of piperidine rings is 1. The number of nitrogens with zero attached hydrogens (tertiary/aromatic N) is 3. The lowest BCUT2D eigenvalue weighted by molar-refractivity contribution is 0.215. The fourth-order valence-corrected chi connectivity index (χ4v) is 4.07. The molecule has 0 spiro atoms. The predicted octanol–water partition coefficient (Wildman–Crippen LogP) is 3.69. The van der Waals surface area contributed by atoms with Gasteiger partial charge >= 0.3 is 0 Å². The van der Waals surface area contributed by atoms with Gasteiger partial charge in [0, 0.05) is 29.6 Å². The standard InChI is InChI=1S/C18H23ClN4/c1-2-22-10-4-5-13(12-22)17-16-8-9-20-18(16)23(21-17)15-7-3-6-14(19)11-15/h3,6-7,11,13,20H,2,4-5,8-10,12H2,1H3. The van der Waals surface area contributed by atoms with Gasteiger partial charge in [0.25, 0.3) is 0 Å². The maximum absolute atomic E-state index is 6.17. The van der Waals surface area contributed by atoms with Gasteiger partial charge < -0.3 is 10.2 Å². The fraction of sp³-hybridized carbons (Fsp3) is 0.500. The van der Waals surface area contributed by atoms with Crippen LogP contribution in [-0.4, -0.2) is 40.9 Å². The summed E-state index contributed by atoms with van der Waals surface area (Å²) in [6, 6.07) is 7.95. The van der Waals surface area contributed by atoms with Crippen molar-refractivity contribution in [3.8, 4) is 5.69 Å². The van der Waals surface area contributed by atoms with Crippen LogP contribution in [0.1, 0.15) is 36.9 Å². The molecule has 0 bridgehead atoms. The van der Waals surface area contributed by atoms with Gasteiger partial charge in [-0.3, -0.25) is 0 Å². The monoisotopic (exact) mass is 330 g/mol. The Labute approximate surface area is 142 Å². The number of likely N-dealkylation sites (tertiary alicyclic amines) is 1. The maximum atomic E-state index is 6.17. The Morgan fingerprint density at radius 1 is 1.39 bits per heavy atom. The minimum Gasteiger partial charge on any atom is -0.369 e. The van der Waals surface area contributed by atoms with Crippen molar-refractivity contribution in [2.24, 2.45) is 0 Å². The summed E-state index contributed by atoms with van der Waals surface area (Å²) < 4.78 is 2.05. The van der Waals surface area contributed by atoms with E-state index in [1.165, 1.54) is 30.6 Å². The van der Waals surface area contributed by atoms with Gasteiger partial charge in [0.1, 0.15) is 5.82 Å². The second-order valence-corrected chi connectivity index (χ2v) is 6.95. The third-order valence-corrected chi connectivity index (χ3v) is 5.31. The highest BCUT2D eigenvalue weighted by atomic mass is 35.5. The number of rotatable bonds is 3. The summed E-state index contributed by atoms with van der Waals surface area (Å²) in [7, 11) is 0. The molecule has 5 heteroatoms. The Hall–Kier alpha value is -1.52. The molecule has 122 valence electrons. The Bertz CT molecular complexity index is 709. The Morgan fingerprint density at radius 3 is 3.13 bits per heavy atom. The van der Waals surface area contributed by atoms with E-state index < -0.39 is 0 Å². The number of likely N-dealkylation sites (N-methyl/N-ethyl adjacent to an activating group) is 1. The molecule has 1 fully saturated rings. The van der Waals surface area contributed by atoms with Crippen LogP contribution in [0.3, 0.4) is 0 Å². The summed E-state index contributed by atoms with van der Waals surface area (Å²) in [6.07, 6.45) is 3.59. The van der Waals surface area contributed by atoms with Crippen molar-refractivity contribution in [1.29, 1.82) is 0 Å². The quantitative estimate of drug-likeness (QED) is 0.931. The molecule has 1 aromatic heterocycles. The zero-order valence-corrected chi connectivity index (χ0v) is 14.3. The molecule has 1 unspecified atom stereocenters. The summed E-state index contributed by atoms with van der Waals surface area (Å²) in [5.74, 6) is 1.72. The van der Waals surface area contributed by atoms with Crippen LogP contribution in [0, 0.1) is 0 Å². The van der Waals surface area contributed by atoms with E-state index in [1.807, 2.05) is 18.2 Å². The molecule has 0 radical (unpaired) electrons. The molecule has 2 aromatic rings. The smallest absolute Gasteiger partial charge is 0.133 e. The molecule has 1 atom stereocenters. The molecule has 2 aliphatic rings. The van der Waals surface area contributed by atoms with Crippen molar-refractivity contribution >= 4 is 17.4 Å². The van der Waals surface area contributed by atoms with Crippen LogP contribution in [0.25, 0.3) is 5.69 Å². The third-order valence-electron chi connectivity index (χ3n) is 5.07. The number of halogens is 1. The van der Waals surface area contributed by atoms with Gasteiger partial charge in [0.15, 0.2) is 0 Å². The lowest BCUT2D eigenvalue weighted by Crippen LogP contribution is -2.34. The van der Waals surface area contributed by atoms with E-state index in [2.05, 4.69) is 27.9 Å². The van der Waals surface area contributed by atoms with Crippen molar-refractivity contribution in [1.82, 2.24) is 14.7 Å². The van der Waals surface area contributed by atoms with Crippen LogP contribution in [0.5, 0.6) is 0 Å². The largest absolute Gasteiger partial charge is 0.369 e. The van der Waals surface area contributed by atoms with E-state index in [-0.39, 0.29) is 0 Å².